The number of hydrogen-bond donors (Lipinski definition) is 0. The largest absolute Gasteiger partial charge is 0.534 e. The maximum atomic E-state index is 13.9. The number of methoxy groups -OCH3 is 1. The van der Waals surface area contributed by atoms with E-state index in [1.165, 1.54) is 30.5 Å². The third-order valence-corrected chi connectivity index (χ3v) is 12.0. The summed E-state index contributed by atoms with van der Waals surface area (Å²) in [5, 5.41) is 0. The highest BCUT2D eigenvalue weighted by atomic mass is 32.2. The molecular weight excluding hydrogens is 716 g/mol. The lowest BCUT2D eigenvalue weighted by Gasteiger charge is -2.38. The molecule has 1 amide bonds. The average Bonchev–Trinajstić information content (AvgIpc) is 3.36. The van der Waals surface area contributed by atoms with E-state index in [0.29, 0.717) is 43.4 Å². The number of hydrogen-bond acceptors (Lipinski definition) is 9. The van der Waals surface area contributed by atoms with Crippen LogP contribution in [0.15, 0.2) is 48.5 Å². The third-order valence-electron chi connectivity index (χ3n) is 9.08. The minimum atomic E-state index is -5.80. The number of nitrogens with zero attached hydrogens (tertiary/aromatic N) is 3. The number of benzene rings is 2. The zero-order valence-electron chi connectivity index (χ0n) is 29.9. The Morgan fingerprint density at radius 3 is 2.12 bits per heavy atom. The molecule has 2 aliphatic rings. The van der Waals surface area contributed by atoms with Gasteiger partial charge in [0.15, 0.2) is 0 Å². The fourth-order valence-electron chi connectivity index (χ4n) is 6.55. The van der Waals surface area contributed by atoms with E-state index in [9.17, 15) is 34.8 Å². The third kappa shape index (κ3) is 10.1. The van der Waals surface area contributed by atoms with E-state index in [1.807, 2.05) is 6.92 Å². The van der Waals surface area contributed by atoms with E-state index in [-0.39, 0.29) is 31.2 Å². The molecule has 1 saturated carbocycles. The first-order chi connectivity index (χ1) is 23.6. The number of rotatable bonds is 12. The van der Waals surface area contributed by atoms with Crippen LogP contribution in [-0.2, 0) is 36.3 Å². The minimum Gasteiger partial charge on any atom is -0.497 e. The Morgan fingerprint density at radius 1 is 0.941 bits per heavy atom. The summed E-state index contributed by atoms with van der Waals surface area (Å²) >= 11 is 0. The van der Waals surface area contributed by atoms with E-state index < -0.39 is 55.4 Å². The average molecular weight is 764 g/mol. The van der Waals surface area contributed by atoms with Gasteiger partial charge in [0.1, 0.15) is 17.1 Å². The Kier molecular flexibility index (Phi) is 12.6. The SMILES string of the molecule is COc1ccc(CN([C@H]2C[C@@H](C)N(C(=O)OC(C)(C)C)[C@H]2COC2CCC(c3cccc(OS(=O)(=O)C(F)(F)F)c3)CC2)S(=O)(=O)N(C)C)cc1. The van der Waals surface area contributed by atoms with Crippen LogP contribution in [0.4, 0.5) is 18.0 Å². The lowest BCUT2D eigenvalue weighted by atomic mass is 9.82. The van der Waals surface area contributed by atoms with Crippen LogP contribution in [-0.4, -0.2) is 99.6 Å². The van der Waals surface area contributed by atoms with Gasteiger partial charge in [0.2, 0.25) is 0 Å². The van der Waals surface area contributed by atoms with Gasteiger partial charge in [0, 0.05) is 26.7 Å². The topological polar surface area (TPSA) is 132 Å². The number of carbonyl (C=O) groups excluding carboxylic acids is 1. The Hall–Kier alpha value is -3.12. The van der Waals surface area contributed by atoms with Gasteiger partial charge in [-0.15, -0.1) is 0 Å². The molecule has 1 saturated heterocycles. The quantitative estimate of drug-likeness (QED) is 0.188. The molecule has 286 valence electrons. The van der Waals surface area contributed by atoms with Gasteiger partial charge < -0.3 is 18.4 Å². The Balaban J connectivity index is 1.54. The van der Waals surface area contributed by atoms with Crippen LogP contribution < -0.4 is 8.92 Å². The van der Waals surface area contributed by atoms with Crippen LogP contribution in [0.1, 0.15) is 76.8 Å². The monoisotopic (exact) mass is 763 g/mol. The molecule has 0 spiro atoms. The molecule has 0 aromatic heterocycles. The highest BCUT2D eigenvalue weighted by molar-refractivity contribution is 7.88. The van der Waals surface area contributed by atoms with Crippen molar-refractivity contribution in [3.8, 4) is 11.5 Å². The summed E-state index contributed by atoms with van der Waals surface area (Å²) in [4.78, 5) is 15.2. The van der Waals surface area contributed by atoms with E-state index >= 15 is 0 Å². The molecule has 2 fully saturated rings. The van der Waals surface area contributed by atoms with Gasteiger partial charge in [0.25, 0.3) is 10.2 Å². The van der Waals surface area contributed by atoms with Gasteiger partial charge in [-0.1, -0.05) is 24.3 Å². The summed E-state index contributed by atoms with van der Waals surface area (Å²) in [7, 11) is -5.32. The molecule has 1 heterocycles. The molecule has 0 unspecified atom stereocenters. The predicted octanol–water partition coefficient (Wildman–Crippen LogP) is 6.04. The van der Waals surface area contributed by atoms with Gasteiger partial charge in [-0.25, -0.2) is 4.79 Å². The number of halogens is 3. The molecule has 2 aromatic rings. The second-order valence-electron chi connectivity index (χ2n) is 14.2. The van der Waals surface area contributed by atoms with Gasteiger partial charge in [-0.05, 0) is 101 Å². The van der Waals surface area contributed by atoms with Crippen LogP contribution in [0.3, 0.4) is 0 Å². The fraction of sp³-hybridized carbons (Fsp3) is 0.618. The molecule has 1 aliphatic heterocycles. The minimum absolute atomic E-state index is 0.0320. The lowest BCUT2D eigenvalue weighted by molar-refractivity contribution is -0.0500. The highest BCUT2D eigenvalue weighted by Crippen LogP contribution is 2.38. The normalized spacial score (nSPS) is 23.5. The van der Waals surface area contributed by atoms with Crippen LogP contribution in [0.25, 0.3) is 0 Å². The maximum absolute atomic E-state index is 13.9. The molecule has 2 aromatic carbocycles. The number of amides is 1. The first-order valence-electron chi connectivity index (χ1n) is 16.7. The molecule has 12 nitrogen and oxygen atoms in total. The summed E-state index contributed by atoms with van der Waals surface area (Å²) < 4.78 is 114. The number of alkyl halides is 3. The molecule has 0 bridgehead atoms. The predicted molar refractivity (Wildman–Crippen MR) is 184 cm³/mol. The lowest BCUT2D eigenvalue weighted by Crippen LogP contribution is -2.54. The van der Waals surface area contributed by atoms with Crippen LogP contribution in [0, 0.1) is 0 Å². The fourth-order valence-corrected chi connectivity index (χ4v) is 8.30. The first-order valence-corrected chi connectivity index (χ1v) is 19.5. The summed E-state index contributed by atoms with van der Waals surface area (Å²) in [6.45, 7) is 7.21. The molecular formula is C34H48F3N3O9S2. The van der Waals surface area contributed by atoms with Crippen LogP contribution in [0.2, 0.25) is 0 Å². The molecule has 4 rings (SSSR count). The van der Waals surface area contributed by atoms with Crippen molar-refractivity contribution in [2.75, 3.05) is 27.8 Å². The second kappa shape index (κ2) is 15.9. The van der Waals surface area contributed by atoms with Crippen LogP contribution in [0.5, 0.6) is 11.5 Å². The molecule has 17 heteroatoms. The molecule has 3 atom stereocenters. The van der Waals surface area contributed by atoms with E-state index in [4.69, 9.17) is 14.2 Å². The Labute approximate surface area is 299 Å². The van der Waals surface area contributed by atoms with Gasteiger partial charge >= 0.3 is 21.7 Å². The Bertz CT molecular complexity index is 1710. The summed E-state index contributed by atoms with van der Waals surface area (Å²) in [5.41, 5.74) is -4.96. The van der Waals surface area contributed by atoms with Crippen molar-refractivity contribution in [2.45, 2.75) is 108 Å². The van der Waals surface area contributed by atoms with E-state index in [0.717, 1.165) is 15.9 Å². The number of carbonyl (C=O) groups is 1. The Morgan fingerprint density at radius 2 is 1.57 bits per heavy atom. The zero-order chi connectivity index (χ0) is 37.9. The highest BCUT2D eigenvalue weighted by Gasteiger charge is 2.50. The number of ether oxygens (including phenoxy) is 3. The summed E-state index contributed by atoms with van der Waals surface area (Å²) in [6.07, 6.45) is 1.85. The van der Waals surface area contributed by atoms with Crippen molar-refractivity contribution < 1.29 is 53.2 Å². The van der Waals surface area contributed by atoms with Crippen molar-refractivity contribution in [2.24, 2.45) is 0 Å². The molecule has 0 radical (unpaired) electrons. The molecule has 51 heavy (non-hydrogen) atoms. The van der Waals surface area contributed by atoms with Crippen molar-refractivity contribution >= 4 is 26.4 Å². The zero-order valence-corrected chi connectivity index (χ0v) is 31.6. The van der Waals surface area contributed by atoms with E-state index in [1.54, 1.807) is 63.1 Å². The van der Waals surface area contributed by atoms with Gasteiger partial charge in [0.05, 0.1) is 31.9 Å². The van der Waals surface area contributed by atoms with Crippen molar-refractivity contribution in [3.63, 3.8) is 0 Å². The second-order valence-corrected chi connectivity index (χ2v) is 17.8. The van der Waals surface area contributed by atoms with Crippen molar-refractivity contribution in [1.82, 2.24) is 13.5 Å². The first kappa shape index (κ1) is 40.6. The van der Waals surface area contributed by atoms with Crippen LogP contribution >= 0.6 is 0 Å². The number of likely N-dealkylation sites (tertiary alicyclic amines) is 1. The van der Waals surface area contributed by atoms with Crippen molar-refractivity contribution in [1.29, 1.82) is 0 Å². The van der Waals surface area contributed by atoms with Gasteiger partial charge in [-0.2, -0.15) is 38.6 Å². The van der Waals surface area contributed by atoms with Gasteiger partial charge in [-0.3, -0.25) is 4.90 Å². The standard InChI is InChI=1S/C34H48F3N3O9S2/c1-23-19-30(39(51(44,45)38(5)6)21-24-11-15-27(46-7)16-12-24)31(40(23)32(41)48-33(2,3)4)22-47-28-17-13-25(14-18-28)26-9-8-10-29(20-26)49-50(42,43)34(35,36)37/h8-12,15-16,20,23,25,28,30-31H,13-14,17-19,21-22H2,1-7H3/t23-,25?,28?,30+,31+/m1/s1. The molecule has 0 N–H and O–H groups in total. The van der Waals surface area contributed by atoms with E-state index in [2.05, 4.69) is 4.18 Å². The molecule has 1 aliphatic carbocycles. The smallest absolute Gasteiger partial charge is 0.497 e. The maximum Gasteiger partial charge on any atom is 0.534 e. The van der Waals surface area contributed by atoms with Crippen molar-refractivity contribution in [3.05, 3.63) is 59.7 Å². The summed E-state index contributed by atoms with van der Waals surface area (Å²) in [6, 6.07) is 11.0. The summed E-state index contributed by atoms with van der Waals surface area (Å²) in [5.74, 6) is 0.131.